The van der Waals surface area contributed by atoms with Crippen molar-refractivity contribution in [1.29, 1.82) is 0 Å². The molecule has 0 bridgehead atoms. The summed E-state index contributed by atoms with van der Waals surface area (Å²) in [5, 5.41) is 8.16. The molecule has 1 N–H and O–H groups in total. The minimum Gasteiger partial charge on any atom is -0.497 e. The van der Waals surface area contributed by atoms with E-state index in [0.29, 0.717) is 5.76 Å². The minimum atomic E-state index is -0.501. The number of methoxy groups -OCH3 is 1. The maximum absolute atomic E-state index is 12.3. The SMILES string of the molecule is COc1ccc2cc(C(C)C(=O)OCC(=O)Nc3cc(C)on3)ccc2c1. The van der Waals surface area contributed by atoms with Crippen molar-refractivity contribution in [3.05, 3.63) is 53.8 Å². The number of carbonyl (C=O) groups is 2. The molecule has 0 aliphatic rings. The van der Waals surface area contributed by atoms with Gasteiger partial charge in [-0.15, -0.1) is 0 Å². The molecule has 0 radical (unpaired) electrons. The second kappa shape index (κ2) is 7.90. The van der Waals surface area contributed by atoms with Gasteiger partial charge in [0, 0.05) is 6.07 Å². The number of aromatic nitrogens is 1. The topological polar surface area (TPSA) is 90.7 Å². The molecule has 0 spiro atoms. The van der Waals surface area contributed by atoms with E-state index in [2.05, 4.69) is 10.5 Å². The summed E-state index contributed by atoms with van der Waals surface area (Å²) < 4.78 is 15.2. The number of aryl methyl sites for hydroxylation is 1. The molecule has 3 aromatic rings. The Kier molecular flexibility index (Phi) is 5.40. The summed E-state index contributed by atoms with van der Waals surface area (Å²) in [6.07, 6.45) is 0. The summed E-state index contributed by atoms with van der Waals surface area (Å²) >= 11 is 0. The molecular weight excluding hydrogens is 348 g/mol. The second-order valence-electron chi connectivity index (χ2n) is 6.17. The van der Waals surface area contributed by atoms with Gasteiger partial charge in [0.1, 0.15) is 11.5 Å². The van der Waals surface area contributed by atoms with E-state index in [0.717, 1.165) is 22.1 Å². The third-order valence-corrected chi connectivity index (χ3v) is 4.17. The van der Waals surface area contributed by atoms with Crippen molar-refractivity contribution in [3.63, 3.8) is 0 Å². The minimum absolute atomic E-state index is 0.284. The fourth-order valence-corrected chi connectivity index (χ4v) is 2.64. The molecule has 7 heteroatoms. The lowest BCUT2D eigenvalue weighted by Gasteiger charge is -2.13. The molecule has 1 atom stereocenters. The Balaban J connectivity index is 1.61. The number of hydrogen-bond donors (Lipinski definition) is 1. The van der Waals surface area contributed by atoms with Crippen LogP contribution in [0.1, 0.15) is 24.2 Å². The third-order valence-electron chi connectivity index (χ3n) is 4.17. The number of carbonyl (C=O) groups excluding carboxylic acids is 2. The highest BCUT2D eigenvalue weighted by Crippen LogP contribution is 2.25. The monoisotopic (exact) mass is 368 g/mol. The largest absolute Gasteiger partial charge is 0.497 e. The highest BCUT2D eigenvalue weighted by Gasteiger charge is 2.19. The van der Waals surface area contributed by atoms with E-state index in [4.69, 9.17) is 14.0 Å². The third kappa shape index (κ3) is 4.44. The maximum atomic E-state index is 12.3. The average Bonchev–Trinajstić information content (AvgIpc) is 3.09. The van der Waals surface area contributed by atoms with E-state index in [1.807, 2.05) is 36.4 Å². The quantitative estimate of drug-likeness (QED) is 0.671. The molecular formula is C20H20N2O5. The van der Waals surface area contributed by atoms with Gasteiger partial charge < -0.3 is 19.3 Å². The lowest BCUT2D eigenvalue weighted by molar-refractivity contribution is -0.148. The molecule has 1 aromatic heterocycles. The lowest BCUT2D eigenvalue weighted by atomic mass is 9.98. The average molecular weight is 368 g/mol. The van der Waals surface area contributed by atoms with Crippen LogP contribution in [0, 0.1) is 6.92 Å². The molecule has 3 rings (SSSR count). The molecule has 1 unspecified atom stereocenters. The van der Waals surface area contributed by atoms with Crippen molar-refractivity contribution in [2.75, 3.05) is 19.0 Å². The Labute approximate surface area is 156 Å². The molecule has 0 aliphatic carbocycles. The van der Waals surface area contributed by atoms with Crippen molar-refractivity contribution < 1.29 is 23.6 Å². The molecule has 7 nitrogen and oxygen atoms in total. The lowest BCUT2D eigenvalue weighted by Crippen LogP contribution is -2.23. The van der Waals surface area contributed by atoms with E-state index in [1.54, 1.807) is 27.0 Å². The zero-order valence-electron chi connectivity index (χ0n) is 15.3. The number of fused-ring (bicyclic) bond motifs is 1. The van der Waals surface area contributed by atoms with Gasteiger partial charge in [-0.05, 0) is 42.3 Å². The van der Waals surface area contributed by atoms with Gasteiger partial charge in [0.05, 0.1) is 13.0 Å². The first-order chi connectivity index (χ1) is 13.0. The van der Waals surface area contributed by atoms with Crippen LogP contribution in [-0.2, 0) is 14.3 Å². The zero-order valence-corrected chi connectivity index (χ0v) is 15.3. The Morgan fingerprint density at radius 3 is 2.59 bits per heavy atom. The summed E-state index contributed by atoms with van der Waals surface area (Å²) in [6.45, 7) is 3.07. The first kappa shape index (κ1) is 18.4. The smallest absolute Gasteiger partial charge is 0.313 e. The van der Waals surface area contributed by atoms with Crippen LogP contribution in [0.4, 0.5) is 5.82 Å². The highest BCUT2D eigenvalue weighted by atomic mass is 16.5. The number of esters is 1. The van der Waals surface area contributed by atoms with Crippen LogP contribution < -0.4 is 10.1 Å². The van der Waals surface area contributed by atoms with Crippen LogP contribution in [0.15, 0.2) is 47.0 Å². The molecule has 1 heterocycles. The Morgan fingerprint density at radius 2 is 1.89 bits per heavy atom. The van der Waals surface area contributed by atoms with Crippen molar-refractivity contribution in [2.45, 2.75) is 19.8 Å². The molecule has 0 saturated carbocycles. The van der Waals surface area contributed by atoms with Gasteiger partial charge in [-0.1, -0.05) is 29.4 Å². The van der Waals surface area contributed by atoms with Gasteiger partial charge in [0.15, 0.2) is 12.4 Å². The predicted molar refractivity (Wildman–Crippen MR) is 99.7 cm³/mol. The van der Waals surface area contributed by atoms with Gasteiger partial charge in [0.25, 0.3) is 5.91 Å². The van der Waals surface area contributed by atoms with E-state index in [1.165, 1.54) is 0 Å². The number of hydrogen-bond acceptors (Lipinski definition) is 6. The molecule has 0 saturated heterocycles. The van der Waals surface area contributed by atoms with Gasteiger partial charge >= 0.3 is 5.97 Å². The van der Waals surface area contributed by atoms with Gasteiger partial charge in [-0.2, -0.15) is 0 Å². The second-order valence-corrected chi connectivity index (χ2v) is 6.17. The van der Waals surface area contributed by atoms with Crippen LogP contribution in [0.25, 0.3) is 10.8 Å². The number of amides is 1. The normalized spacial score (nSPS) is 11.8. The van der Waals surface area contributed by atoms with Crippen molar-refractivity contribution in [1.82, 2.24) is 5.16 Å². The first-order valence-electron chi connectivity index (χ1n) is 8.44. The van der Waals surface area contributed by atoms with Crippen molar-refractivity contribution in [3.8, 4) is 5.75 Å². The summed E-state index contributed by atoms with van der Waals surface area (Å²) in [4.78, 5) is 24.1. The molecule has 1 amide bonds. The number of anilines is 1. The van der Waals surface area contributed by atoms with Gasteiger partial charge in [-0.3, -0.25) is 9.59 Å². The van der Waals surface area contributed by atoms with Crippen LogP contribution in [-0.4, -0.2) is 30.7 Å². The maximum Gasteiger partial charge on any atom is 0.313 e. The molecule has 140 valence electrons. The van der Waals surface area contributed by atoms with Crippen molar-refractivity contribution >= 4 is 28.5 Å². The number of nitrogens with one attached hydrogen (secondary N) is 1. The van der Waals surface area contributed by atoms with E-state index >= 15 is 0 Å². The fourth-order valence-electron chi connectivity index (χ4n) is 2.64. The van der Waals surface area contributed by atoms with Crippen LogP contribution in [0.3, 0.4) is 0 Å². The molecule has 2 aromatic carbocycles. The van der Waals surface area contributed by atoms with Crippen LogP contribution in [0.5, 0.6) is 5.75 Å². The summed E-state index contributed by atoms with van der Waals surface area (Å²) in [5.41, 5.74) is 0.810. The van der Waals surface area contributed by atoms with E-state index < -0.39 is 17.8 Å². The summed E-state index contributed by atoms with van der Waals surface area (Å²) in [7, 11) is 1.62. The Morgan fingerprint density at radius 1 is 1.15 bits per heavy atom. The van der Waals surface area contributed by atoms with Crippen LogP contribution in [0.2, 0.25) is 0 Å². The Bertz CT molecular complexity index is 979. The fraction of sp³-hybridized carbons (Fsp3) is 0.250. The molecule has 0 fully saturated rings. The number of nitrogens with zero attached hydrogens (tertiary/aromatic N) is 1. The molecule has 27 heavy (non-hydrogen) atoms. The predicted octanol–water partition coefficient (Wildman–Crippen LogP) is 3.43. The van der Waals surface area contributed by atoms with E-state index in [-0.39, 0.29) is 12.4 Å². The van der Waals surface area contributed by atoms with E-state index in [9.17, 15) is 9.59 Å². The zero-order chi connectivity index (χ0) is 19.4. The van der Waals surface area contributed by atoms with Crippen LogP contribution >= 0.6 is 0 Å². The van der Waals surface area contributed by atoms with Gasteiger partial charge in [0.2, 0.25) is 0 Å². The summed E-state index contributed by atoms with van der Waals surface area (Å²) in [5.74, 6) is 0.176. The Hall–Kier alpha value is -3.35. The first-order valence-corrected chi connectivity index (χ1v) is 8.44. The number of ether oxygens (including phenoxy) is 2. The highest BCUT2D eigenvalue weighted by molar-refractivity contribution is 5.92. The molecule has 0 aliphatic heterocycles. The van der Waals surface area contributed by atoms with Gasteiger partial charge in [-0.25, -0.2) is 0 Å². The van der Waals surface area contributed by atoms with Crippen molar-refractivity contribution in [2.24, 2.45) is 0 Å². The summed E-state index contributed by atoms with van der Waals surface area (Å²) in [6, 6.07) is 13.0. The number of rotatable bonds is 6. The standard InChI is InChI=1S/C20H20N2O5/c1-12-8-18(22-27-12)21-19(23)11-26-20(24)13(2)14-4-5-16-10-17(25-3)7-6-15(16)9-14/h4-10,13H,11H2,1-3H3,(H,21,22,23). The number of benzene rings is 2.